The molecule has 1 saturated heterocycles. The molecular formula is C12H20N2O5. The fraction of sp³-hybridized carbons (Fsp3) is 0.750. The minimum atomic E-state index is -0.953. The fourth-order valence-corrected chi connectivity index (χ4v) is 2.16. The third kappa shape index (κ3) is 3.59. The van der Waals surface area contributed by atoms with Crippen molar-refractivity contribution in [3.8, 4) is 0 Å². The molecule has 2 atom stereocenters. The van der Waals surface area contributed by atoms with Crippen LogP contribution >= 0.6 is 0 Å². The molecule has 19 heavy (non-hydrogen) atoms. The molecule has 1 aliphatic heterocycles. The minimum Gasteiger partial charge on any atom is -0.481 e. The number of urea groups is 1. The van der Waals surface area contributed by atoms with Gasteiger partial charge in [0.1, 0.15) is 6.04 Å². The van der Waals surface area contributed by atoms with Crippen LogP contribution in [0.4, 0.5) is 4.79 Å². The van der Waals surface area contributed by atoms with Crippen LogP contribution in [0.5, 0.6) is 0 Å². The molecule has 1 rings (SSSR count). The molecule has 0 aliphatic carbocycles. The first-order valence-electron chi connectivity index (χ1n) is 6.20. The summed E-state index contributed by atoms with van der Waals surface area (Å²) in [7, 11) is 2.83. The lowest BCUT2D eigenvalue weighted by molar-refractivity contribution is -0.145. The first-order valence-corrected chi connectivity index (χ1v) is 6.20. The van der Waals surface area contributed by atoms with Crippen LogP contribution in [-0.4, -0.2) is 66.2 Å². The highest BCUT2D eigenvalue weighted by Crippen LogP contribution is 2.20. The van der Waals surface area contributed by atoms with Gasteiger partial charge in [-0.2, -0.15) is 0 Å². The number of amides is 2. The van der Waals surface area contributed by atoms with Gasteiger partial charge in [0.25, 0.3) is 0 Å². The Hall–Kier alpha value is -1.79. The summed E-state index contributed by atoms with van der Waals surface area (Å²) in [5.74, 6) is -2.02. The van der Waals surface area contributed by atoms with Crippen molar-refractivity contribution in [1.82, 2.24) is 9.80 Å². The van der Waals surface area contributed by atoms with Gasteiger partial charge in [0.15, 0.2) is 0 Å². The molecule has 0 radical (unpaired) electrons. The van der Waals surface area contributed by atoms with Crippen molar-refractivity contribution >= 4 is 18.0 Å². The van der Waals surface area contributed by atoms with E-state index in [1.807, 2.05) is 0 Å². The predicted octanol–water partition coefficient (Wildman–Crippen LogP) is 0.396. The number of ether oxygens (including phenoxy) is 1. The Labute approximate surface area is 112 Å². The van der Waals surface area contributed by atoms with Gasteiger partial charge in [0, 0.05) is 20.1 Å². The Morgan fingerprint density at radius 1 is 1.47 bits per heavy atom. The van der Waals surface area contributed by atoms with Crippen molar-refractivity contribution in [3.05, 3.63) is 0 Å². The minimum absolute atomic E-state index is 0.110. The molecule has 1 N–H and O–H groups in total. The highest BCUT2D eigenvalue weighted by molar-refractivity contribution is 5.84. The van der Waals surface area contributed by atoms with E-state index in [0.29, 0.717) is 13.0 Å². The number of methoxy groups -OCH3 is 1. The van der Waals surface area contributed by atoms with Gasteiger partial charge in [-0.3, -0.25) is 4.79 Å². The second kappa shape index (κ2) is 6.40. The molecule has 0 aromatic heterocycles. The predicted molar refractivity (Wildman–Crippen MR) is 66.6 cm³/mol. The number of rotatable bonds is 4. The molecule has 0 aromatic carbocycles. The SMILES string of the molecule is COC(=O)C1CCCN1C(=O)N(C)CC(C)C(=O)O. The second-order valence-corrected chi connectivity index (χ2v) is 4.78. The second-order valence-electron chi connectivity index (χ2n) is 4.78. The van der Waals surface area contributed by atoms with Gasteiger partial charge in [-0.05, 0) is 12.8 Å². The quantitative estimate of drug-likeness (QED) is 0.748. The molecule has 0 spiro atoms. The van der Waals surface area contributed by atoms with Gasteiger partial charge in [0.05, 0.1) is 13.0 Å². The average molecular weight is 272 g/mol. The Morgan fingerprint density at radius 3 is 2.63 bits per heavy atom. The van der Waals surface area contributed by atoms with Crippen molar-refractivity contribution in [2.24, 2.45) is 5.92 Å². The molecule has 0 saturated carbocycles. The van der Waals surface area contributed by atoms with Gasteiger partial charge in [0.2, 0.25) is 0 Å². The summed E-state index contributed by atoms with van der Waals surface area (Å²) in [4.78, 5) is 37.3. The van der Waals surface area contributed by atoms with Crippen LogP contribution in [0, 0.1) is 5.92 Å². The molecule has 0 aromatic rings. The Kier molecular flexibility index (Phi) is 5.14. The van der Waals surface area contributed by atoms with Gasteiger partial charge in [-0.25, -0.2) is 9.59 Å². The van der Waals surface area contributed by atoms with Crippen molar-refractivity contribution < 1.29 is 24.2 Å². The summed E-state index contributed by atoms with van der Waals surface area (Å²) in [6.45, 7) is 2.14. The van der Waals surface area contributed by atoms with E-state index in [-0.39, 0.29) is 12.6 Å². The van der Waals surface area contributed by atoms with Gasteiger partial charge in [-0.15, -0.1) is 0 Å². The van der Waals surface area contributed by atoms with Crippen LogP contribution in [0.15, 0.2) is 0 Å². The molecule has 0 bridgehead atoms. The zero-order valence-electron chi connectivity index (χ0n) is 11.5. The van der Waals surface area contributed by atoms with Crippen molar-refractivity contribution in [3.63, 3.8) is 0 Å². The maximum Gasteiger partial charge on any atom is 0.328 e. The van der Waals surface area contributed by atoms with Gasteiger partial charge < -0.3 is 19.6 Å². The summed E-state index contributed by atoms with van der Waals surface area (Å²) in [5.41, 5.74) is 0. The summed E-state index contributed by atoms with van der Waals surface area (Å²) in [6, 6.07) is -0.888. The van der Waals surface area contributed by atoms with Gasteiger partial charge in [-0.1, -0.05) is 6.92 Å². The van der Waals surface area contributed by atoms with Crippen molar-refractivity contribution in [2.45, 2.75) is 25.8 Å². The average Bonchev–Trinajstić information content (AvgIpc) is 2.85. The lowest BCUT2D eigenvalue weighted by atomic mass is 10.2. The first kappa shape index (κ1) is 15.3. The third-order valence-electron chi connectivity index (χ3n) is 3.27. The molecule has 7 heteroatoms. The zero-order valence-corrected chi connectivity index (χ0v) is 11.5. The number of aliphatic carboxylic acids is 1. The van der Waals surface area contributed by atoms with Crippen molar-refractivity contribution in [1.29, 1.82) is 0 Å². The number of carbonyl (C=O) groups is 3. The molecule has 1 heterocycles. The molecule has 1 aliphatic rings. The topological polar surface area (TPSA) is 87.2 Å². The number of hydrogen-bond donors (Lipinski definition) is 1. The molecule has 2 amide bonds. The van der Waals surface area contributed by atoms with Crippen molar-refractivity contribution in [2.75, 3.05) is 27.2 Å². The Balaban J connectivity index is 2.65. The zero-order chi connectivity index (χ0) is 14.6. The lowest BCUT2D eigenvalue weighted by Crippen LogP contribution is -2.48. The maximum atomic E-state index is 12.2. The number of likely N-dealkylation sites (tertiary alicyclic amines) is 1. The lowest BCUT2D eigenvalue weighted by Gasteiger charge is -2.29. The molecule has 1 fully saturated rings. The number of hydrogen-bond acceptors (Lipinski definition) is 4. The highest BCUT2D eigenvalue weighted by atomic mass is 16.5. The number of carbonyl (C=O) groups excluding carboxylic acids is 2. The Morgan fingerprint density at radius 2 is 2.11 bits per heavy atom. The smallest absolute Gasteiger partial charge is 0.328 e. The van der Waals surface area contributed by atoms with Crippen LogP contribution in [0.25, 0.3) is 0 Å². The third-order valence-corrected chi connectivity index (χ3v) is 3.27. The van der Waals surface area contributed by atoms with E-state index < -0.39 is 23.9 Å². The van der Waals surface area contributed by atoms with E-state index in [4.69, 9.17) is 5.11 Å². The molecule has 2 unspecified atom stereocenters. The van der Waals surface area contributed by atoms with E-state index in [1.54, 1.807) is 0 Å². The highest BCUT2D eigenvalue weighted by Gasteiger charge is 2.36. The monoisotopic (exact) mass is 272 g/mol. The maximum absolute atomic E-state index is 12.2. The fourth-order valence-electron chi connectivity index (χ4n) is 2.16. The van der Waals surface area contributed by atoms with E-state index in [2.05, 4.69) is 4.74 Å². The van der Waals surface area contributed by atoms with Crippen LogP contribution in [-0.2, 0) is 14.3 Å². The summed E-state index contributed by atoms with van der Waals surface area (Å²) in [6.07, 6.45) is 1.33. The summed E-state index contributed by atoms with van der Waals surface area (Å²) < 4.78 is 4.67. The largest absolute Gasteiger partial charge is 0.481 e. The van der Waals surface area contributed by atoms with E-state index in [1.165, 1.54) is 30.9 Å². The number of carboxylic acids is 1. The van der Waals surface area contributed by atoms with Crippen LogP contribution in [0.3, 0.4) is 0 Å². The molecular weight excluding hydrogens is 252 g/mol. The number of esters is 1. The molecule has 7 nitrogen and oxygen atoms in total. The number of nitrogens with zero attached hydrogens (tertiary/aromatic N) is 2. The molecule has 108 valence electrons. The number of carboxylic acid groups (broad SMARTS) is 1. The van der Waals surface area contributed by atoms with E-state index >= 15 is 0 Å². The van der Waals surface area contributed by atoms with E-state index in [0.717, 1.165) is 6.42 Å². The Bertz CT molecular complexity index is 371. The van der Waals surface area contributed by atoms with Crippen LogP contribution in [0.2, 0.25) is 0 Å². The van der Waals surface area contributed by atoms with Crippen LogP contribution in [0.1, 0.15) is 19.8 Å². The standard InChI is InChI=1S/C12H20N2O5/c1-8(10(15)16)7-13(2)12(18)14-6-4-5-9(14)11(17)19-3/h8-9H,4-7H2,1-3H3,(H,15,16). The summed E-state index contributed by atoms with van der Waals surface area (Å²) in [5, 5.41) is 8.83. The van der Waals surface area contributed by atoms with E-state index in [9.17, 15) is 14.4 Å². The van der Waals surface area contributed by atoms with Gasteiger partial charge >= 0.3 is 18.0 Å². The summed E-state index contributed by atoms with van der Waals surface area (Å²) >= 11 is 0. The normalized spacial score (nSPS) is 19.9. The van der Waals surface area contributed by atoms with Crippen LogP contribution < -0.4 is 0 Å². The first-order chi connectivity index (χ1) is 8.88.